The molecule has 1 aromatic carbocycles. The summed E-state index contributed by atoms with van der Waals surface area (Å²) in [7, 11) is -3.67. The van der Waals surface area contributed by atoms with Crippen molar-refractivity contribution in [3.63, 3.8) is 0 Å². The summed E-state index contributed by atoms with van der Waals surface area (Å²) in [6.07, 6.45) is 2.82. The lowest BCUT2D eigenvalue weighted by molar-refractivity contribution is 0.600. The van der Waals surface area contributed by atoms with Crippen molar-refractivity contribution >= 4 is 37.3 Å². The smallest absolute Gasteiger partial charge is 0.263 e. The molecule has 0 aliphatic rings. The largest absolute Gasteiger partial charge is 0.399 e. The summed E-state index contributed by atoms with van der Waals surface area (Å²) < 4.78 is 27.8. The molecule has 0 bridgehead atoms. The number of nitrogens with zero attached hydrogens (tertiary/aromatic N) is 1. The van der Waals surface area contributed by atoms with E-state index in [2.05, 4.69) is 25.6 Å². The van der Waals surface area contributed by atoms with E-state index in [-0.39, 0.29) is 4.90 Å². The topological polar surface area (TPSA) is 85.1 Å². The van der Waals surface area contributed by atoms with Crippen LogP contribution in [0.5, 0.6) is 0 Å². The van der Waals surface area contributed by atoms with Gasteiger partial charge in [-0.15, -0.1) is 0 Å². The maximum absolute atomic E-state index is 12.3. The molecule has 1 heterocycles. The molecule has 1 aromatic heterocycles. The minimum Gasteiger partial charge on any atom is -0.399 e. The van der Waals surface area contributed by atoms with Crippen LogP contribution in [0, 0.1) is 13.8 Å². The van der Waals surface area contributed by atoms with Crippen molar-refractivity contribution in [2.45, 2.75) is 18.7 Å². The summed E-state index contributed by atoms with van der Waals surface area (Å²) >= 11 is 3.20. The molecule has 0 radical (unpaired) electrons. The summed E-state index contributed by atoms with van der Waals surface area (Å²) in [5.41, 5.74) is 8.52. The SMILES string of the molecule is Cc1cc(NS(=O)(=O)c2cncc(Br)c2)c(C)cc1N. The maximum Gasteiger partial charge on any atom is 0.263 e. The van der Waals surface area contributed by atoms with Crippen molar-refractivity contribution in [3.05, 3.63) is 46.2 Å². The normalized spacial score (nSPS) is 11.3. The van der Waals surface area contributed by atoms with Crippen molar-refractivity contribution in [3.8, 4) is 0 Å². The van der Waals surface area contributed by atoms with Crippen LogP contribution in [0.25, 0.3) is 0 Å². The second-order valence-corrected chi connectivity index (χ2v) is 7.07. The van der Waals surface area contributed by atoms with Gasteiger partial charge in [-0.05, 0) is 59.1 Å². The number of halogens is 1. The van der Waals surface area contributed by atoms with E-state index in [0.717, 1.165) is 11.1 Å². The van der Waals surface area contributed by atoms with E-state index in [1.165, 1.54) is 18.5 Å². The first-order valence-corrected chi connectivity index (χ1v) is 8.07. The summed E-state index contributed by atoms with van der Waals surface area (Å²) in [5.74, 6) is 0. The van der Waals surface area contributed by atoms with Crippen LogP contribution in [0.2, 0.25) is 0 Å². The van der Waals surface area contributed by atoms with E-state index in [1.54, 1.807) is 19.1 Å². The number of hydrogen-bond donors (Lipinski definition) is 2. The van der Waals surface area contributed by atoms with Gasteiger partial charge in [0.05, 0.1) is 5.69 Å². The monoisotopic (exact) mass is 355 g/mol. The first kappa shape index (κ1) is 14.8. The van der Waals surface area contributed by atoms with Crippen LogP contribution >= 0.6 is 15.9 Å². The van der Waals surface area contributed by atoms with E-state index < -0.39 is 10.0 Å². The van der Waals surface area contributed by atoms with Gasteiger partial charge in [-0.2, -0.15) is 0 Å². The third kappa shape index (κ3) is 3.10. The summed E-state index contributed by atoms with van der Waals surface area (Å²) in [5, 5.41) is 0. The molecule has 0 amide bonds. The molecule has 0 aliphatic carbocycles. The number of benzene rings is 1. The average molecular weight is 356 g/mol. The van der Waals surface area contributed by atoms with Crippen LogP contribution in [0.4, 0.5) is 11.4 Å². The second-order valence-electron chi connectivity index (χ2n) is 4.47. The van der Waals surface area contributed by atoms with Gasteiger partial charge in [0.25, 0.3) is 10.0 Å². The van der Waals surface area contributed by atoms with E-state index >= 15 is 0 Å². The minimum atomic E-state index is -3.67. The molecule has 106 valence electrons. The molecule has 2 aromatic rings. The van der Waals surface area contributed by atoms with E-state index in [1.807, 2.05) is 6.92 Å². The molecule has 0 spiro atoms. The zero-order valence-electron chi connectivity index (χ0n) is 11.0. The molecular weight excluding hydrogens is 342 g/mol. The molecule has 5 nitrogen and oxygen atoms in total. The Labute approximate surface area is 126 Å². The van der Waals surface area contributed by atoms with Gasteiger partial charge < -0.3 is 5.73 Å². The fourth-order valence-electron chi connectivity index (χ4n) is 1.69. The van der Waals surface area contributed by atoms with Crippen LogP contribution < -0.4 is 10.5 Å². The lowest BCUT2D eigenvalue weighted by Gasteiger charge is -2.12. The predicted molar refractivity (Wildman–Crippen MR) is 83.1 cm³/mol. The van der Waals surface area contributed by atoms with Crippen molar-refractivity contribution < 1.29 is 8.42 Å². The molecule has 0 saturated carbocycles. The predicted octanol–water partition coefficient (Wildman–Crippen LogP) is 2.84. The highest BCUT2D eigenvalue weighted by atomic mass is 79.9. The van der Waals surface area contributed by atoms with Gasteiger partial charge in [-0.3, -0.25) is 9.71 Å². The second kappa shape index (κ2) is 5.41. The van der Waals surface area contributed by atoms with Crippen molar-refractivity contribution in [1.29, 1.82) is 0 Å². The van der Waals surface area contributed by atoms with Crippen molar-refractivity contribution in [1.82, 2.24) is 4.98 Å². The van der Waals surface area contributed by atoms with Gasteiger partial charge >= 0.3 is 0 Å². The third-order valence-electron chi connectivity index (χ3n) is 2.85. The highest BCUT2D eigenvalue weighted by Gasteiger charge is 2.16. The molecule has 0 atom stereocenters. The third-order valence-corrected chi connectivity index (χ3v) is 4.61. The van der Waals surface area contributed by atoms with E-state index in [9.17, 15) is 8.42 Å². The number of pyridine rings is 1. The number of sulfonamides is 1. The van der Waals surface area contributed by atoms with Gasteiger partial charge in [0.1, 0.15) is 4.90 Å². The van der Waals surface area contributed by atoms with E-state index in [0.29, 0.717) is 15.8 Å². The van der Waals surface area contributed by atoms with Gasteiger partial charge in [0.2, 0.25) is 0 Å². The number of aromatic nitrogens is 1. The molecule has 20 heavy (non-hydrogen) atoms. The summed E-state index contributed by atoms with van der Waals surface area (Å²) in [6, 6.07) is 4.95. The zero-order chi connectivity index (χ0) is 14.9. The van der Waals surface area contributed by atoms with Crippen LogP contribution in [0.1, 0.15) is 11.1 Å². The Balaban J connectivity index is 2.41. The quantitative estimate of drug-likeness (QED) is 0.829. The summed E-state index contributed by atoms with van der Waals surface area (Å²) in [6.45, 7) is 3.63. The van der Waals surface area contributed by atoms with Gasteiger partial charge in [-0.1, -0.05) is 0 Å². The Morgan fingerprint density at radius 1 is 1.15 bits per heavy atom. The number of aryl methyl sites for hydroxylation is 2. The molecule has 0 saturated heterocycles. The van der Waals surface area contributed by atoms with Gasteiger partial charge in [0.15, 0.2) is 0 Å². The highest BCUT2D eigenvalue weighted by molar-refractivity contribution is 9.10. The fourth-order valence-corrected chi connectivity index (χ4v) is 3.32. The fraction of sp³-hybridized carbons (Fsp3) is 0.154. The lowest BCUT2D eigenvalue weighted by Crippen LogP contribution is -2.14. The number of nitrogens with one attached hydrogen (secondary N) is 1. The standard InChI is InChI=1S/C13H14BrN3O2S/c1-8-4-13(9(2)3-12(8)15)17-20(18,19)11-5-10(14)6-16-7-11/h3-7,17H,15H2,1-2H3. The van der Waals surface area contributed by atoms with E-state index in [4.69, 9.17) is 5.73 Å². The Bertz CT molecular complexity index is 760. The molecular formula is C13H14BrN3O2S. The van der Waals surface area contributed by atoms with Crippen LogP contribution in [0.15, 0.2) is 40.0 Å². The number of hydrogen-bond acceptors (Lipinski definition) is 4. The Hall–Kier alpha value is -1.60. The molecule has 3 N–H and O–H groups in total. The minimum absolute atomic E-state index is 0.0979. The molecule has 0 unspecified atom stereocenters. The molecule has 2 rings (SSSR count). The van der Waals surface area contributed by atoms with Gasteiger partial charge in [0, 0.05) is 22.6 Å². The Morgan fingerprint density at radius 2 is 1.85 bits per heavy atom. The molecule has 7 heteroatoms. The summed E-state index contributed by atoms with van der Waals surface area (Å²) in [4.78, 5) is 3.96. The average Bonchev–Trinajstić information content (AvgIpc) is 2.36. The maximum atomic E-state index is 12.3. The molecule has 0 aliphatic heterocycles. The van der Waals surface area contributed by atoms with Crippen LogP contribution in [-0.2, 0) is 10.0 Å². The molecule has 0 fully saturated rings. The Morgan fingerprint density at radius 3 is 2.50 bits per heavy atom. The van der Waals surface area contributed by atoms with Crippen LogP contribution in [0.3, 0.4) is 0 Å². The number of rotatable bonds is 3. The lowest BCUT2D eigenvalue weighted by atomic mass is 10.1. The number of anilines is 2. The zero-order valence-corrected chi connectivity index (χ0v) is 13.4. The van der Waals surface area contributed by atoms with Crippen LogP contribution in [-0.4, -0.2) is 13.4 Å². The highest BCUT2D eigenvalue weighted by Crippen LogP contribution is 2.25. The first-order chi connectivity index (χ1) is 9.29. The first-order valence-electron chi connectivity index (χ1n) is 5.80. The van der Waals surface area contributed by atoms with Crippen molar-refractivity contribution in [2.24, 2.45) is 0 Å². The Kier molecular flexibility index (Phi) is 4.01. The van der Waals surface area contributed by atoms with Gasteiger partial charge in [-0.25, -0.2) is 8.42 Å². The number of nitrogens with two attached hydrogens (primary N) is 1. The van der Waals surface area contributed by atoms with Crippen molar-refractivity contribution in [2.75, 3.05) is 10.5 Å². The number of nitrogen functional groups attached to an aromatic ring is 1.